The zero-order valence-corrected chi connectivity index (χ0v) is 56.0. The maximum Gasteiger partial charge on any atom is 2.00 e. The maximum absolute atomic E-state index is 10.7. The van der Waals surface area contributed by atoms with E-state index in [4.69, 9.17) is 48.2 Å². The van der Waals surface area contributed by atoms with E-state index in [2.05, 4.69) is 148 Å². The summed E-state index contributed by atoms with van der Waals surface area (Å²) in [5, 5.41) is 0. The summed E-state index contributed by atoms with van der Waals surface area (Å²) in [5.74, 6) is 9.35. The summed E-state index contributed by atoms with van der Waals surface area (Å²) < 4.78 is 182. The third-order valence-electron chi connectivity index (χ3n) is 10.5. The standard InChI is InChI=1S/2C10H20.C6H18NSi2.C6H17NSi2.3CHF3O3S.2Th/c2*1-6-7(2)9(4)10(5)8(6)3;2*1-8(2,3)7-9(4,5)6;3*2-1(3,4)8(5,6)7;;/h2*6-10H,1-5H3;1-6H3;1H2,2-6H3;3*(H,5,6,7);;/q;;-1;-2;;;;;+2. The van der Waals surface area contributed by atoms with Crippen molar-refractivity contribution >= 4 is 63.3 Å². The molecule has 0 spiro atoms. The Balaban J connectivity index is -0.000000118. The van der Waals surface area contributed by atoms with Crippen LogP contribution in [0, 0.1) is 146 Å². The summed E-state index contributed by atoms with van der Waals surface area (Å²) >= 11 is 0. The monoisotopic (exact) mass is 1510 g/mol. The number of rotatable bonds is 4. The molecule has 0 unspecified atom stereocenters. The number of alkyl halides is 9. The molecule has 0 radical (unpaired) electrons. The van der Waals surface area contributed by atoms with Gasteiger partial charge in [-0.1, -0.05) is 153 Å². The molecule has 64 heavy (non-hydrogen) atoms. The quantitative estimate of drug-likeness (QED) is 0.0808. The molecule has 0 aromatic rings. The summed E-state index contributed by atoms with van der Waals surface area (Å²) in [4.78, 5) is 0. The van der Waals surface area contributed by atoms with Crippen molar-refractivity contribution in [2.24, 2.45) is 59.2 Å². The topological polar surface area (TPSA) is 191 Å². The molecule has 2 rings (SSSR count). The molecule has 0 aliphatic heterocycles. The van der Waals surface area contributed by atoms with Crippen molar-refractivity contribution in [1.82, 2.24) is 0 Å². The van der Waals surface area contributed by atoms with E-state index < -0.39 is 79.8 Å². The number of nitrogens with zero attached hydrogens (tertiary/aromatic N) is 2. The Labute approximate surface area is 449 Å². The van der Waals surface area contributed by atoms with Crippen LogP contribution in [0.1, 0.15) is 69.2 Å². The number of halogens is 9. The van der Waals surface area contributed by atoms with Gasteiger partial charge < -0.3 is 15.8 Å². The molecule has 0 atom stereocenters. The number of hydrogen-bond donors (Lipinski definition) is 3. The molecule has 388 valence electrons. The molecule has 29 heteroatoms. The van der Waals surface area contributed by atoms with Crippen molar-refractivity contribution < 1.29 is 158 Å². The minimum absolute atomic E-state index is 0. The van der Waals surface area contributed by atoms with E-state index in [1.807, 2.05) is 0 Å². The average Bonchev–Trinajstić information content (AvgIpc) is 3.21. The first-order valence-corrected chi connectivity index (χ1v) is 37.5. The van der Waals surface area contributed by atoms with Gasteiger partial charge in [0.15, 0.2) is 0 Å². The fraction of sp³-hybridized carbons (Fsp3) is 0.971. The minimum atomic E-state index is -5.84. The van der Waals surface area contributed by atoms with Gasteiger partial charge in [0.2, 0.25) is 0 Å². The van der Waals surface area contributed by atoms with Crippen LogP contribution >= 0.6 is 0 Å². The van der Waals surface area contributed by atoms with Crippen LogP contribution in [0.2, 0.25) is 72.0 Å². The molecule has 3 N–H and O–H groups in total. The average molecular weight is 1510 g/mol. The van der Waals surface area contributed by atoms with Crippen molar-refractivity contribution in [2.45, 2.75) is 158 Å². The van der Waals surface area contributed by atoms with Gasteiger partial charge in [0, 0.05) is 39.9 Å². The molecule has 0 heterocycles. The van der Waals surface area contributed by atoms with Crippen LogP contribution in [-0.2, 0) is 30.4 Å². The largest absolute Gasteiger partial charge is 2.00 e. The summed E-state index contributed by atoms with van der Waals surface area (Å²) in [6, 6.07) is 0. The second kappa shape index (κ2) is 30.5. The first-order chi connectivity index (χ1) is 26.3. The van der Waals surface area contributed by atoms with Crippen molar-refractivity contribution in [3.05, 3.63) is 15.8 Å². The number of hydrogen-bond acceptors (Lipinski definition) is 6. The van der Waals surface area contributed by atoms with Gasteiger partial charge in [0.25, 0.3) is 0 Å². The Hall–Kier alpha value is 2.54. The van der Waals surface area contributed by atoms with E-state index in [-0.39, 0.29) is 79.9 Å². The molecule has 0 amide bonds. The van der Waals surface area contributed by atoms with Crippen LogP contribution in [0.15, 0.2) is 0 Å². The molecular formula is C35H78F9N2O9S3Si4Th2-. The predicted molar refractivity (Wildman–Crippen MR) is 244 cm³/mol. The van der Waals surface area contributed by atoms with Crippen LogP contribution in [0.4, 0.5) is 39.5 Å². The molecule has 0 aromatic heterocycles. The Kier molecular flexibility index (Phi) is 38.5. The van der Waals surface area contributed by atoms with E-state index >= 15 is 0 Å². The third-order valence-corrected chi connectivity index (χ3v) is 22.7. The van der Waals surface area contributed by atoms with Crippen molar-refractivity contribution in [1.29, 1.82) is 0 Å². The first-order valence-electron chi connectivity index (χ1n) is 19.7. The van der Waals surface area contributed by atoms with Crippen LogP contribution < -0.4 is 0 Å². The van der Waals surface area contributed by atoms with E-state index in [0.29, 0.717) is 0 Å². The Morgan fingerprint density at radius 1 is 0.375 bits per heavy atom. The normalized spacial score (nSPS) is 26.5. The van der Waals surface area contributed by atoms with E-state index in [1.54, 1.807) is 0 Å². The predicted octanol–water partition coefficient (Wildman–Crippen LogP) is 13.3. The van der Waals surface area contributed by atoms with Crippen LogP contribution in [0.5, 0.6) is 0 Å². The van der Waals surface area contributed by atoms with E-state index in [1.165, 1.54) is 0 Å². The first kappa shape index (κ1) is 80.6. The zero-order chi connectivity index (χ0) is 52.2. The molecule has 0 bridgehead atoms. The molecule has 0 aromatic carbocycles. The van der Waals surface area contributed by atoms with Gasteiger partial charge >= 0.3 is 86.8 Å². The molecule has 11 nitrogen and oxygen atoms in total. The van der Waals surface area contributed by atoms with Gasteiger partial charge in [-0.05, 0) is 59.2 Å². The molecule has 2 fully saturated rings. The van der Waals surface area contributed by atoms with Gasteiger partial charge in [-0.25, -0.2) is 8.24 Å². The van der Waals surface area contributed by atoms with Gasteiger partial charge in [0.1, 0.15) is 0 Å². The summed E-state index contributed by atoms with van der Waals surface area (Å²) in [6.07, 6.45) is 0. The SMILES string of the molecule is CC1C(C)C(C)C(C)C1C.CC1C(C)C(C)C(C)C1C.C[Si](C)(C)[N-][Si](C)(C)C.O=S(=O)(O)C(F)(F)F.O=S(=O)(O)C(F)(F)F.O=S(=O)(O)C(F)(F)F.[CH2-][Si](C)(C)[N-][Si](C)(C)C.[Th+2].[Th]. The smallest absolute Gasteiger partial charge is 0.689 e. The molecule has 0 saturated heterocycles. The second-order valence-corrected chi connectivity index (χ2v) is 42.6. The zero-order valence-electron chi connectivity index (χ0n) is 41.3. The van der Waals surface area contributed by atoms with Gasteiger partial charge in [-0.2, -0.15) is 64.8 Å². The maximum atomic E-state index is 10.7. The Morgan fingerprint density at radius 3 is 0.484 bits per heavy atom. The van der Waals surface area contributed by atoms with Crippen molar-refractivity contribution in [3.63, 3.8) is 0 Å². The van der Waals surface area contributed by atoms with Crippen LogP contribution in [-0.4, -0.2) is 88.4 Å². The van der Waals surface area contributed by atoms with Gasteiger partial charge in [-0.15, -0.1) is 13.1 Å². The van der Waals surface area contributed by atoms with Crippen molar-refractivity contribution in [3.8, 4) is 0 Å². The molecule has 2 aliphatic carbocycles. The van der Waals surface area contributed by atoms with E-state index in [9.17, 15) is 39.5 Å². The summed E-state index contributed by atoms with van der Waals surface area (Å²) in [6.45, 7) is 53.0. The minimum Gasteiger partial charge on any atom is -0.689 e. The summed E-state index contributed by atoms with van der Waals surface area (Å²) in [5.41, 5.74) is -16.6. The molecule has 2 aliphatic rings. The fourth-order valence-electron chi connectivity index (χ4n) is 6.70. The summed E-state index contributed by atoms with van der Waals surface area (Å²) in [7, 11) is -22.3. The fourth-order valence-corrected chi connectivity index (χ4v) is 22.0. The van der Waals surface area contributed by atoms with Gasteiger partial charge in [-0.3, -0.25) is 13.7 Å². The van der Waals surface area contributed by atoms with Crippen LogP contribution in [0.25, 0.3) is 9.30 Å². The van der Waals surface area contributed by atoms with Crippen LogP contribution in [0.3, 0.4) is 0 Å². The Bertz CT molecular complexity index is 1360. The van der Waals surface area contributed by atoms with Crippen molar-refractivity contribution in [2.75, 3.05) is 0 Å². The third kappa shape index (κ3) is 39.2. The van der Waals surface area contributed by atoms with Gasteiger partial charge in [0.05, 0.1) is 0 Å². The van der Waals surface area contributed by atoms with E-state index in [0.717, 1.165) is 59.2 Å². The Morgan fingerprint density at radius 2 is 0.469 bits per heavy atom. The molecule has 2 saturated carbocycles. The second-order valence-electron chi connectivity index (χ2n) is 19.9. The molecular weight excluding hydrogens is 1440 g/mol.